The fourth-order valence-corrected chi connectivity index (χ4v) is 2.10. The predicted octanol–water partition coefficient (Wildman–Crippen LogP) is 2.99. The minimum Gasteiger partial charge on any atom is -0.321 e. The van der Waals surface area contributed by atoms with Crippen LogP contribution in [-0.4, -0.2) is 21.4 Å². The number of anilines is 1. The van der Waals surface area contributed by atoms with Crippen LogP contribution in [0.1, 0.15) is 10.4 Å². The molecule has 0 radical (unpaired) electrons. The molecule has 0 bridgehead atoms. The average Bonchev–Trinajstić information content (AvgIpc) is 2.78. The standard InChI is InChI=1S/C12H11F2N3OS/c1-17-7-8(6-15-17)11(18)16-9-4-2-3-5-10(9)19-12(13)14/h2-7,12H,1H3,(H,16,18). The van der Waals surface area contributed by atoms with Crippen LogP contribution in [0, 0.1) is 0 Å². The van der Waals surface area contributed by atoms with Gasteiger partial charge in [-0.25, -0.2) is 0 Å². The number of thioether (sulfide) groups is 1. The highest BCUT2D eigenvalue weighted by Crippen LogP contribution is 2.31. The van der Waals surface area contributed by atoms with Gasteiger partial charge < -0.3 is 5.32 Å². The van der Waals surface area contributed by atoms with E-state index < -0.39 is 5.76 Å². The maximum atomic E-state index is 12.4. The Bertz CT molecular complexity index is 586. The summed E-state index contributed by atoms with van der Waals surface area (Å²) >= 11 is 0.399. The second kappa shape index (κ2) is 5.83. The average molecular weight is 283 g/mol. The molecule has 0 saturated heterocycles. The molecule has 1 aromatic carbocycles. The first-order valence-electron chi connectivity index (χ1n) is 5.40. The van der Waals surface area contributed by atoms with E-state index in [0.717, 1.165) is 0 Å². The third-order valence-electron chi connectivity index (χ3n) is 2.32. The highest BCUT2D eigenvalue weighted by molar-refractivity contribution is 7.99. The second-order valence-electron chi connectivity index (χ2n) is 3.73. The minimum absolute atomic E-state index is 0.328. The van der Waals surface area contributed by atoms with Crippen LogP contribution in [0.15, 0.2) is 41.6 Å². The lowest BCUT2D eigenvalue weighted by Crippen LogP contribution is -2.11. The number of nitrogens with one attached hydrogen (secondary N) is 1. The normalized spacial score (nSPS) is 10.7. The molecular weight excluding hydrogens is 272 g/mol. The molecule has 1 aromatic heterocycles. The SMILES string of the molecule is Cn1cc(C(=O)Nc2ccccc2SC(F)F)cn1. The zero-order valence-corrected chi connectivity index (χ0v) is 10.8. The van der Waals surface area contributed by atoms with Gasteiger partial charge in [0.25, 0.3) is 11.7 Å². The van der Waals surface area contributed by atoms with Crippen LogP contribution in [0.3, 0.4) is 0 Å². The predicted molar refractivity (Wildman–Crippen MR) is 69.5 cm³/mol. The molecule has 0 aliphatic rings. The van der Waals surface area contributed by atoms with E-state index in [-0.39, 0.29) is 5.91 Å². The summed E-state index contributed by atoms with van der Waals surface area (Å²) in [6.07, 6.45) is 2.97. The van der Waals surface area contributed by atoms with E-state index in [0.29, 0.717) is 27.9 Å². The topological polar surface area (TPSA) is 46.9 Å². The molecule has 2 aromatic rings. The number of benzene rings is 1. The van der Waals surface area contributed by atoms with E-state index in [1.54, 1.807) is 31.4 Å². The van der Waals surface area contributed by atoms with Crippen molar-refractivity contribution in [1.82, 2.24) is 9.78 Å². The fourth-order valence-electron chi connectivity index (χ4n) is 1.50. The summed E-state index contributed by atoms with van der Waals surface area (Å²) in [5.74, 6) is -2.91. The van der Waals surface area contributed by atoms with Crippen molar-refractivity contribution in [3.05, 3.63) is 42.2 Å². The van der Waals surface area contributed by atoms with Gasteiger partial charge in [-0.15, -0.1) is 0 Å². The van der Waals surface area contributed by atoms with Crippen molar-refractivity contribution in [1.29, 1.82) is 0 Å². The smallest absolute Gasteiger partial charge is 0.288 e. The van der Waals surface area contributed by atoms with Crippen molar-refractivity contribution < 1.29 is 13.6 Å². The summed E-state index contributed by atoms with van der Waals surface area (Å²) in [5, 5.41) is 6.48. The molecule has 2 rings (SSSR count). The van der Waals surface area contributed by atoms with Gasteiger partial charge >= 0.3 is 0 Å². The molecule has 0 spiro atoms. The summed E-state index contributed by atoms with van der Waals surface area (Å²) in [5.41, 5.74) is 0.737. The van der Waals surface area contributed by atoms with Crippen LogP contribution in [0.4, 0.5) is 14.5 Å². The molecule has 1 heterocycles. The van der Waals surface area contributed by atoms with Gasteiger partial charge in [-0.3, -0.25) is 9.48 Å². The molecule has 0 atom stereocenters. The van der Waals surface area contributed by atoms with Gasteiger partial charge in [-0.2, -0.15) is 13.9 Å². The highest BCUT2D eigenvalue weighted by Gasteiger charge is 2.13. The zero-order chi connectivity index (χ0) is 13.8. The first-order valence-corrected chi connectivity index (χ1v) is 6.28. The van der Waals surface area contributed by atoms with E-state index in [1.807, 2.05) is 0 Å². The van der Waals surface area contributed by atoms with Gasteiger partial charge in [0.1, 0.15) is 0 Å². The Labute approximate surface area is 112 Å². The quantitative estimate of drug-likeness (QED) is 0.877. The third-order valence-corrected chi connectivity index (χ3v) is 3.11. The number of carbonyl (C=O) groups excluding carboxylic acids is 1. The molecular formula is C12H11F2N3OS. The summed E-state index contributed by atoms with van der Waals surface area (Å²) in [6.45, 7) is 0. The number of alkyl halides is 2. The fraction of sp³-hybridized carbons (Fsp3) is 0.167. The Morgan fingerprint density at radius 2 is 2.16 bits per heavy atom. The number of rotatable bonds is 4. The first-order chi connectivity index (χ1) is 9.06. The van der Waals surface area contributed by atoms with Gasteiger partial charge in [0.05, 0.1) is 17.4 Å². The Morgan fingerprint density at radius 3 is 2.79 bits per heavy atom. The van der Waals surface area contributed by atoms with Crippen LogP contribution in [0.2, 0.25) is 0 Å². The number of aromatic nitrogens is 2. The molecule has 0 aliphatic heterocycles. The zero-order valence-electron chi connectivity index (χ0n) is 10.0. The lowest BCUT2D eigenvalue weighted by atomic mass is 10.3. The Kier molecular flexibility index (Phi) is 4.16. The van der Waals surface area contributed by atoms with Gasteiger partial charge in [-0.05, 0) is 12.1 Å². The van der Waals surface area contributed by atoms with Crippen molar-refractivity contribution in [2.45, 2.75) is 10.7 Å². The van der Waals surface area contributed by atoms with Crippen molar-refractivity contribution in [2.75, 3.05) is 5.32 Å². The summed E-state index contributed by atoms with van der Waals surface area (Å²) in [6, 6.07) is 6.44. The molecule has 4 nitrogen and oxygen atoms in total. The van der Waals surface area contributed by atoms with Gasteiger partial charge in [0.2, 0.25) is 0 Å². The minimum atomic E-state index is -2.53. The number of para-hydroxylation sites is 1. The van der Waals surface area contributed by atoms with E-state index in [2.05, 4.69) is 10.4 Å². The second-order valence-corrected chi connectivity index (χ2v) is 4.76. The van der Waals surface area contributed by atoms with Crippen LogP contribution in [0.5, 0.6) is 0 Å². The van der Waals surface area contributed by atoms with E-state index >= 15 is 0 Å². The van der Waals surface area contributed by atoms with Crippen LogP contribution >= 0.6 is 11.8 Å². The van der Waals surface area contributed by atoms with Crippen molar-refractivity contribution in [3.8, 4) is 0 Å². The van der Waals surface area contributed by atoms with Crippen molar-refractivity contribution in [2.24, 2.45) is 7.05 Å². The monoisotopic (exact) mass is 283 g/mol. The van der Waals surface area contributed by atoms with E-state index in [4.69, 9.17) is 0 Å². The number of hydrogen-bond donors (Lipinski definition) is 1. The molecule has 1 N–H and O–H groups in total. The summed E-state index contributed by atoms with van der Waals surface area (Å²) in [7, 11) is 1.69. The molecule has 0 unspecified atom stereocenters. The number of carbonyl (C=O) groups is 1. The van der Waals surface area contributed by atoms with Crippen molar-refractivity contribution in [3.63, 3.8) is 0 Å². The molecule has 0 saturated carbocycles. The van der Waals surface area contributed by atoms with E-state index in [1.165, 1.54) is 16.9 Å². The maximum Gasteiger partial charge on any atom is 0.288 e. The molecule has 100 valence electrons. The number of amides is 1. The molecule has 19 heavy (non-hydrogen) atoms. The lowest BCUT2D eigenvalue weighted by Gasteiger charge is -2.09. The van der Waals surface area contributed by atoms with Crippen LogP contribution in [0.25, 0.3) is 0 Å². The summed E-state index contributed by atoms with van der Waals surface area (Å²) in [4.78, 5) is 12.2. The molecule has 7 heteroatoms. The number of halogens is 2. The third kappa shape index (κ3) is 3.54. The molecule has 0 fully saturated rings. The van der Waals surface area contributed by atoms with E-state index in [9.17, 15) is 13.6 Å². The highest BCUT2D eigenvalue weighted by atomic mass is 32.2. The number of nitrogens with zero attached hydrogens (tertiary/aromatic N) is 2. The van der Waals surface area contributed by atoms with Gasteiger partial charge in [-0.1, -0.05) is 23.9 Å². The number of hydrogen-bond acceptors (Lipinski definition) is 3. The van der Waals surface area contributed by atoms with Crippen LogP contribution in [-0.2, 0) is 7.05 Å². The maximum absolute atomic E-state index is 12.4. The number of aryl methyl sites for hydroxylation is 1. The van der Waals surface area contributed by atoms with Gasteiger partial charge in [0, 0.05) is 18.1 Å². The largest absolute Gasteiger partial charge is 0.321 e. The van der Waals surface area contributed by atoms with Gasteiger partial charge in [0.15, 0.2) is 0 Å². The Morgan fingerprint density at radius 1 is 1.42 bits per heavy atom. The molecule has 1 amide bonds. The first kappa shape index (κ1) is 13.5. The summed E-state index contributed by atoms with van der Waals surface area (Å²) < 4.78 is 26.3. The van der Waals surface area contributed by atoms with Crippen molar-refractivity contribution >= 4 is 23.4 Å². The van der Waals surface area contributed by atoms with Crippen LogP contribution < -0.4 is 5.32 Å². The lowest BCUT2D eigenvalue weighted by molar-refractivity contribution is 0.102. The Hall–Kier alpha value is -1.89. The molecule has 0 aliphatic carbocycles. The Balaban J connectivity index is 2.16.